The fourth-order valence-corrected chi connectivity index (χ4v) is 3.20. The molecular formula is C9H10O5S2. The standard InChI is InChI=1S/C9H10O5S2/c1-6(15-16(12,13)14)7-2-4-8(5-3-7)9(10)11/h2-6H,1H3,(H,10,11)(H,12,13,14). The molecule has 0 radical (unpaired) electrons. The molecule has 0 aliphatic carbocycles. The van der Waals surface area contributed by atoms with Crippen molar-refractivity contribution in [3.63, 3.8) is 0 Å². The minimum absolute atomic E-state index is 0.132. The number of aromatic carboxylic acids is 1. The molecule has 0 spiro atoms. The van der Waals surface area contributed by atoms with Gasteiger partial charge in [-0.05, 0) is 24.6 Å². The van der Waals surface area contributed by atoms with E-state index in [-0.39, 0.29) is 5.56 Å². The molecule has 1 aromatic rings. The molecule has 0 fully saturated rings. The fraction of sp³-hybridized carbons (Fsp3) is 0.222. The van der Waals surface area contributed by atoms with Crippen LogP contribution >= 0.6 is 10.8 Å². The molecule has 1 aromatic carbocycles. The summed E-state index contributed by atoms with van der Waals surface area (Å²) in [5.74, 6) is -1.04. The molecule has 0 aliphatic heterocycles. The van der Waals surface area contributed by atoms with Gasteiger partial charge in [-0.3, -0.25) is 4.55 Å². The summed E-state index contributed by atoms with van der Waals surface area (Å²) in [7, 11) is -3.69. The van der Waals surface area contributed by atoms with Crippen LogP contribution in [0.2, 0.25) is 0 Å². The van der Waals surface area contributed by atoms with Gasteiger partial charge < -0.3 is 5.11 Å². The van der Waals surface area contributed by atoms with Gasteiger partial charge in [0.05, 0.1) is 5.56 Å². The summed E-state index contributed by atoms with van der Waals surface area (Å²) < 4.78 is 29.9. The maximum absolute atomic E-state index is 10.6. The van der Waals surface area contributed by atoms with Gasteiger partial charge in [0.2, 0.25) is 0 Å². The van der Waals surface area contributed by atoms with E-state index in [1.807, 2.05) is 0 Å². The summed E-state index contributed by atoms with van der Waals surface area (Å²) in [5, 5.41) is 8.20. The summed E-state index contributed by atoms with van der Waals surface area (Å²) in [6, 6.07) is 5.82. The molecule has 0 bridgehead atoms. The fourth-order valence-electron chi connectivity index (χ4n) is 1.13. The van der Waals surface area contributed by atoms with Crippen LogP contribution in [0.25, 0.3) is 0 Å². The number of hydrogen-bond donors (Lipinski definition) is 2. The van der Waals surface area contributed by atoms with Crippen molar-refractivity contribution in [3.8, 4) is 0 Å². The molecule has 0 aromatic heterocycles. The molecule has 7 heteroatoms. The van der Waals surface area contributed by atoms with Gasteiger partial charge in [0.15, 0.2) is 0 Å². The zero-order valence-corrected chi connectivity index (χ0v) is 9.96. The third-order valence-electron chi connectivity index (χ3n) is 1.89. The summed E-state index contributed by atoms with van der Waals surface area (Å²) >= 11 is 0. The number of carboxylic acids is 1. The molecule has 5 nitrogen and oxygen atoms in total. The Morgan fingerprint density at radius 1 is 1.31 bits per heavy atom. The molecule has 0 heterocycles. The highest BCUT2D eigenvalue weighted by molar-refractivity contribution is 8.70. The molecule has 0 saturated carbocycles. The third kappa shape index (κ3) is 3.84. The number of carbonyl (C=O) groups is 1. The summed E-state index contributed by atoms with van der Waals surface area (Å²) in [4.78, 5) is 10.6. The van der Waals surface area contributed by atoms with Gasteiger partial charge >= 0.3 is 15.1 Å². The Hall–Kier alpha value is -1.05. The zero-order valence-electron chi connectivity index (χ0n) is 8.32. The minimum Gasteiger partial charge on any atom is -0.478 e. The highest BCUT2D eigenvalue weighted by Gasteiger charge is 2.15. The predicted molar refractivity (Wildman–Crippen MR) is 61.0 cm³/mol. The molecule has 0 aliphatic rings. The second kappa shape index (κ2) is 4.86. The summed E-state index contributed by atoms with van der Waals surface area (Å²) in [6.45, 7) is 1.61. The molecule has 88 valence electrons. The topological polar surface area (TPSA) is 91.7 Å². The van der Waals surface area contributed by atoms with Crippen molar-refractivity contribution in [3.05, 3.63) is 35.4 Å². The molecule has 16 heavy (non-hydrogen) atoms. The Bertz CT molecular complexity index is 477. The lowest BCUT2D eigenvalue weighted by Gasteiger charge is -2.08. The second-order valence-corrected chi connectivity index (χ2v) is 6.69. The minimum atomic E-state index is -4.10. The van der Waals surface area contributed by atoms with Gasteiger partial charge in [0, 0.05) is 16.0 Å². The van der Waals surface area contributed by atoms with Crippen LogP contribution < -0.4 is 0 Å². The van der Waals surface area contributed by atoms with Crippen LogP contribution in [0.4, 0.5) is 0 Å². The first kappa shape index (κ1) is 13.0. The number of hydrogen-bond acceptors (Lipinski definition) is 4. The average Bonchev–Trinajstić information content (AvgIpc) is 2.15. The van der Waals surface area contributed by atoms with Crippen LogP contribution in [0.3, 0.4) is 0 Å². The van der Waals surface area contributed by atoms with E-state index >= 15 is 0 Å². The number of rotatable bonds is 4. The molecule has 1 atom stereocenters. The molecular weight excluding hydrogens is 252 g/mol. The van der Waals surface area contributed by atoms with E-state index in [0.29, 0.717) is 16.4 Å². The van der Waals surface area contributed by atoms with Crippen LogP contribution in [0.15, 0.2) is 24.3 Å². The van der Waals surface area contributed by atoms with Crippen molar-refractivity contribution in [1.29, 1.82) is 0 Å². The van der Waals surface area contributed by atoms with E-state index in [1.54, 1.807) is 6.92 Å². The molecule has 1 unspecified atom stereocenters. The Labute approximate surface area is 96.6 Å². The first-order valence-corrected chi connectivity index (χ1v) is 7.12. The van der Waals surface area contributed by atoms with Crippen molar-refractivity contribution < 1.29 is 22.9 Å². The van der Waals surface area contributed by atoms with Gasteiger partial charge in [0.25, 0.3) is 0 Å². The van der Waals surface area contributed by atoms with E-state index in [1.165, 1.54) is 24.3 Å². The van der Waals surface area contributed by atoms with E-state index in [4.69, 9.17) is 9.66 Å². The van der Waals surface area contributed by atoms with Crippen LogP contribution in [0, 0.1) is 0 Å². The number of carboxylic acid groups (broad SMARTS) is 1. The smallest absolute Gasteiger partial charge is 0.335 e. The Kier molecular flexibility index (Phi) is 3.95. The van der Waals surface area contributed by atoms with Crippen molar-refractivity contribution >= 4 is 25.9 Å². The largest absolute Gasteiger partial charge is 0.478 e. The lowest BCUT2D eigenvalue weighted by atomic mass is 10.1. The van der Waals surface area contributed by atoms with Crippen molar-refractivity contribution in [2.75, 3.05) is 0 Å². The van der Waals surface area contributed by atoms with Gasteiger partial charge in [-0.2, -0.15) is 8.42 Å². The Morgan fingerprint density at radius 3 is 2.19 bits per heavy atom. The molecule has 0 saturated heterocycles. The van der Waals surface area contributed by atoms with E-state index in [9.17, 15) is 13.2 Å². The maximum atomic E-state index is 10.6. The summed E-state index contributed by atoms with van der Waals surface area (Å²) in [5.41, 5.74) is 0.764. The maximum Gasteiger partial charge on any atom is 0.335 e. The van der Waals surface area contributed by atoms with Crippen LogP contribution in [0.5, 0.6) is 0 Å². The number of benzene rings is 1. The SMILES string of the molecule is CC(SS(=O)(=O)O)c1ccc(C(=O)O)cc1. The van der Waals surface area contributed by atoms with E-state index < -0.39 is 20.4 Å². The quantitative estimate of drug-likeness (QED) is 0.636. The molecule has 1 rings (SSSR count). The highest BCUT2D eigenvalue weighted by atomic mass is 33.1. The molecule has 0 amide bonds. The van der Waals surface area contributed by atoms with Gasteiger partial charge in [-0.1, -0.05) is 12.1 Å². The third-order valence-corrected chi connectivity index (χ3v) is 4.29. The Balaban J connectivity index is 2.86. The Morgan fingerprint density at radius 2 is 1.81 bits per heavy atom. The van der Waals surface area contributed by atoms with Crippen molar-refractivity contribution in [1.82, 2.24) is 0 Å². The zero-order chi connectivity index (χ0) is 12.3. The van der Waals surface area contributed by atoms with Gasteiger partial charge in [0.1, 0.15) is 0 Å². The average molecular weight is 262 g/mol. The second-order valence-electron chi connectivity index (χ2n) is 3.09. The van der Waals surface area contributed by atoms with E-state index in [0.717, 1.165) is 0 Å². The lowest BCUT2D eigenvalue weighted by molar-refractivity contribution is 0.0697. The monoisotopic (exact) mass is 262 g/mol. The van der Waals surface area contributed by atoms with Crippen LogP contribution in [0.1, 0.15) is 28.1 Å². The highest BCUT2D eigenvalue weighted by Crippen LogP contribution is 2.31. The van der Waals surface area contributed by atoms with Gasteiger partial charge in [-0.25, -0.2) is 4.79 Å². The predicted octanol–water partition coefficient (Wildman–Crippen LogP) is 1.98. The van der Waals surface area contributed by atoms with Crippen LogP contribution in [-0.4, -0.2) is 24.0 Å². The van der Waals surface area contributed by atoms with E-state index in [2.05, 4.69) is 0 Å². The first-order chi connectivity index (χ1) is 7.29. The van der Waals surface area contributed by atoms with Crippen molar-refractivity contribution in [2.45, 2.75) is 12.2 Å². The first-order valence-electron chi connectivity index (χ1n) is 4.28. The molecule has 2 N–H and O–H groups in total. The van der Waals surface area contributed by atoms with Crippen molar-refractivity contribution in [2.24, 2.45) is 0 Å². The van der Waals surface area contributed by atoms with Gasteiger partial charge in [-0.15, -0.1) is 0 Å². The lowest BCUT2D eigenvalue weighted by Crippen LogP contribution is -1.99. The van der Waals surface area contributed by atoms with Crippen LogP contribution in [-0.2, 0) is 9.15 Å². The summed E-state index contributed by atoms with van der Waals surface area (Å²) in [6.07, 6.45) is 0. The normalized spacial score (nSPS) is 13.4.